The molecule has 2 N–H and O–H groups in total. The molecule has 0 fully saturated rings. The molecule has 3 rings (SSSR count). The van der Waals surface area contributed by atoms with Crippen LogP contribution in [0.3, 0.4) is 0 Å². The Bertz CT molecular complexity index is 750. The monoisotopic (exact) mass is 284 g/mol. The summed E-state index contributed by atoms with van der Waals surface area (Å²) in [5.74, 6) is 0.954. The van der Waals surface area contributed by atoms with Gasteiger partial charge in [-0.3, -0.25) is 0 Å². The van der Waals surface area contributed by atoms with E-state index in [2.05, 4.69) is 20.9 Å². The molecular formula is C15H16N4S. The van der Waals surface area contributed by atoms with Gasteiger partial charge in [0.15, 0.2) is 0 Å². The van der Waals surface area contributed by atoms with E-state index in [1.54, 1.807) is 11.3 Å². The first-order valence-electron chi connectivity index (χ1n) is 6.40. The normalized spacial score (nSPS) is 10.9. The van der Waals surface area contributed by atoms with Crippen molar-refractivity contribution in [2.45, 2.75) is 13.5 Å². The molecule has 0 aliphatic rings. The fourth-order valence-corrected chi connectivity index (χ4v) is 2.95. The third-order valence-corrected chi connectivity index (χ3v) is 4.24. The van der Waals surface area contributed by atoms with Crippen molar-refractivity contribution in [1.82, 2.24) is 9.97 Å². The van der Waals surface area contributed by atoms with Crippen molar-refractivity contribution in [1.29, 1.82) is 0 Å². The number of nitrogen functional groups attached to an aromatic ring is 1. The molecule has 2 heterocycles. The fraction of sp³-hybridized carbons (Fsp3) is 0.200. The van der Waals surface area contributed by atoms with Gasteiger partial charge in [0.05, 0.1) is 23.3 Å². The Hall–Kier alpha value is -2.14. The van der Waals surface area contributed by atoms with E-state index in [1.807, 2.05) is 43.7 Å². The summed E-state index contributed by atoms with van der Waals surface area (Å²) in [6.07, 6.45) is 0. The predicted molar refractivity (Wildman–Crippen MR) is 85.1 cm³/mol. The molecule has 0 spiro atoms. The fourth-order valence-electron chi connectivity index (χ4n) is 2.12. The maximum Gasteiger partial charge on any atom is 0.129 e. The van der Waals surface area contributed by atoms with Gasteiger partial charge in [-0.05, 0) is 37.3 Å². The van der Waals surface area contributed by atoms with Gasteiger partial charge < -0.3 is 10.6 Å². The minimum Gasteiger partial charge on any atom is -0.399 e. The van der Waals surface area contributed by atoms with Gasteiger partial charge in [-0.25, -0.2) is 9.97 Å². The lowest BCUT2D eigenvalue weighted by atomic mass is 10.2. The van der Waals surface area contributed by atoms with Crippen molar-refractivity contribution < 1.29 is 0 Å². The summed E-state index contributed by atoms with van der Waals surface area (Å²) in [7, 11) is 2.05. The summed E-state index contributed by atoms with van der Waals surface area (Å²) < 4.78 is 0. The standard InChI is InChI=1S/C15H16N4S/c1-10-14(20-9-17-10)8-19(2)15-6-3-11-7-12(16)4-5-13(11)18-15/h3-7,9H,8,16H2,1-2H3. The molecule has 0 atom stereocenters. The number of thiazole rings is 1. The van der Waals surface area contributed by atoms with Gasteiger partial charge in [0.2, 0.25) is 0 Å². The quantitative estimate of drug-likeness (QED) is 0.750. The number of hydrogen-bond donors (Lipinski definition) is 1. The van der Waals surface area contributed by atoms with Crippen LogP contribution in [-0.2, 0) is 6.54 Å². The van der Waals surface area contributed by atoms with Crippen molar-refractivity contribution in [3.63, 3.8) is 0 Å². The lowest BCUT2D eigenvalue weighted by Gasteiger charge is -2.18. The number of aromatic nitrogens is 2. The third kappa shape index (κ3) is 2.44. The minimum atomic E-state index is 0.765. The summed E-state index contributed by atoms with van der Waals surface area (Å²) in [6.45, 7) is 2.86. The Morgan fingerprint density at radius 3 is 2.85 bits per heavy atom. The number of rotatable bonds is 3. The number of nitrogens with two attached hydrogens (primary N) is 1. The predicted octanol–water partition coefficient (Wildman–Crippen LogP) is 3.22. The zero-order valence-corrected chi connectivity index (χ0v) is 12.3. The molecule has 0 amide bonds. The molecular weight excluding hydrogens is 268 g/mol. The number of anilines is 2. The zero-order valence-electron chi connectivity index (χ0n) is 11.5. The number of pyridine rings is 1. The van der Waals surface area contributed by atoms with E-state index >= 15 is 0 Å². The number of nitrogens with zero attached hydrogens (tertiary/aromatic N) is 3. The summed E-state index contributed by atoms with van der Waals surface area (Å²) in [5.41, 5.74) is 10.5. The number of hydrogen-bond acceptors (Lipinski definition) is 5. The lowest BCUT2D eigenvalue weighted by Crippen LogP contribution is -2.17. The molecule has 0 aliphatic carbocycles. The first-order valence-corrected chi connectivity index (χ1v) is 7.28. The molecule has 1 aromatic carbocycles. The summed E-state index contributed by atoms with van der Waals surface area (Å²) in [4.78, 5) is 12.4. The van der Waals surface area contributed by atoms with Crippen molar-refractivity contribution in [3.05, 3.63) is 46.4 Å². The molecule has 0 saturated carbocycles. The van der Waals surface area contributed by atoms with Crippen molar-refractivity contribution in [2.75, 3.05) is 17.7 Å². The van der Waals surface area contributed by atoms with E-state index < -0.39 is 0 Å². The van der Waals surface area contributed by atoms with E-state index in [0.717, 1.165) is 34.6 Å². The highest BCUT2D eigenvalue weighted by atomic mass is 32.1. The second kappa shape index (κ2) is 5.09. The van der Waals surface area contributed by atoms with Crippen LogP contribution in [0.1, 0.15) is 10.6 Å². The van der Waals surface area contributed by atoms with Crippen molar-refractivity contribution in [2.24, 2.45) is 0 Å². The smallest absolute Gasteiger partial charge is 0.129 e. The molecule has 3 aromatic rings. The molecule has 0 aliphatic heterocycles. The largest absolute Gasteiger partial charge is 0.399 e. The first-order chi connectivity index (χ1) is 9.63. The van der Waals surface area contributed by atoms with Crippen LogP contribution < -0.4 is 10.6 Å². The molecule has 102 valence electrons. The van der Waals surface area contributed by atoms with Gasteiger partial charge in [0.25, 0.3) is 0 Å². The third-order valence-electron chi connectivity index (χ3n) is 3.32. The molecule has 0 bridgehead atoms. The number of fused-ring (bicyclic) bond motifs is 1. The number of benzene rings is 1. The Morgan fingerprint density at radius 1 is 1.25 bits per heavy atom. The Morgan fingerprint density at radius 2 is 2.10 bits per heavy atom. The summed E-state index contributed by atoms with van der Waals surface area (Å²) in [6, 6.07) is 9.87. The highest BCUT2D eigenvalue weighted by Crippen LogP contribution is 2.22. The van der Waals surface area contributed by atoms with Crippen LogP contribution in [0.25, 0.3) is 10.9 Å². The number of aryl methyl sites for hydroxylation is 1. The Kier molecular flexibility index (Phi) is 3.28. The van der Waals surface area contributed by atoms with Crippen LogP contribution >= 0.6 is 11.3 Å². The SMILES string of the molecule is Cc1ncsc1CN(C)c1ccc2cc(N)ccc2n1. The van der Waals surface area contributed by atoms with Crippen LogP contribution in [0, 0.1) is 6.92 Å². The maximum absolute atomic E-state index is 5.78. The molecule has 20 heavy (non-hydrogen) atoms. The highest BCUT2D eigenvalue weighted by Gasteiger charge is 2.08. The molecule has 0 unspecified atom stereocenters. The van der Waals surface area contributed by atoms with Gasteiger partial charge >= 0.3 is 0 Å². The van der Waals surface area contributed by atoms with Gasteiger partial charge in [-0.15, -0.1) is 11.3 Å². The van der Waals surface area contributed by atoms with Crippen LogP contribution in [0.15, 0.2) is 35.8 Å². The zero-order chi connectivity index (χ0) is 14.1. The van der Waals surface area contributed by atoms with E-state index in [0.29, 0.717) is 0 Å². The van der Waals surface area contributed by atoms with Gasteiger partial charge in [0.1, 0.15) is 5.82 Å². The van der Waals surface area contributed by atoms with Crippen molar-refractivity contribution >= 4 is 33.7 Å². The minimum absolute atomic E-state index is 0.765. The molecule has 5 heteroatoms. The lowest BCUT2D eigenvalue weighted by molar-refractivity contribution is 0.906. The van der Waals surface area contributed by atoms with Crippen LogP contribution in [0.5, 0.6) is 0 Å². The van der Waals surface area contributed by atoms with E-state index in [4.69, 9.17) is 5.73 Å². The molecule has 2 aromatic heterocycles. The van der Waals surface area contributed by atoms with Crippen LogP contribution in [0.2, 0.25) is 0 Å². The van der Waals surface area contributed by atoms with E-state index in [-0.39, 0.29) is 0 Å². The Balaban J connectivity index is 1.90. The summed E-state index contributed by atoms with van der Waals surface area (Å²) >= 11 is 1.68. The second-order valence-corrected chi connectivity index (χ2v) is 5.78. The average Bonchev–Trinajstić information content (AvgIpc) is 2.83. The topological polar surface area (TPSA) is 55.0 Å². The molecule has 0 radical (unpaired) electrons. The van der Waals surface area contributed by atoms with Crippen LogP contribution in [0.4, 0.5) is 11.5 Å². The maximum atomic E-state index is 5.78. The van der Waals surface area contributed by atoms with Crippen LogP contribution in [-0.4, -0.2) is 17.0 Å². The molecule has 4 nitrogen and oxygen atoms in total. The van der Waals surface area contributed by atoms with Gasteiger partial charge in [-0.2, -0.15) is 0 Å². The summed E-state index contributed by atoms with van der Waals surface area (Å²) in [5, 5.41) is 1.07. The van der Waals surface area contributed by atoms with E-state index in [1.165, 1.54) is 4.88 Å². The molecule has 0 saturated heterocycles. The first kappa shape index (κ1) is 12.9. The average molecular weight is 284 g/mol. The van der Waals surface area contributed by atoms with E-state index in [9.17, 15) is 0 Å². The Labute approximate surface area is 121 Å². The van der Waals surface area contributed by atoms with Crippen molar-refractivity contribution in [3.8, 4) is 0 Å². The van der Waals surface area contributed by atoms with Gasteiger partial charge in [-0.1, -0.05) is 0 Å². The highest BCUT2D eigenvalue weighted by molar-refractivity contribution is 7.09. The second-order valence-electron chi connectivity index (χ2n) is 4.84. The van der Waals surface area contributed by atoms with Gasteiger partial charge in [0, 0.05) is 23.0 Å².